The largest absolute Gasteiger partial charge is 0.340 e. The number of carbonyl (C=O) groups excluding carboxylic acids is 1. The maximum absolute atomic E-state index is 13.1. The van der Waals surface area contributed by atoms with Crippen molar-refractivity contribution in [2.45, 2.75) is 39.5 Å². The van der Waals surface area contributed by atoms with Crippen molar-refractivity contribution in [1.29, 1.82) is 0 Å². The number of nitrogens with zero attached hydrogens (tertiary/aromatic N) is 5. The van der Waals surface area contributed by atoms with Crippen LogP contribution in [0.25, 0.3) is 11.5 Å². The Morgan fingerprint density at radius 1 is 1.23 bits per heavy atom. The number of nitrogens with one attached hydrogen (secondary N) is 1. The maximum atomic E-state index is 13.1. The molecule has 1 unspecified atom stereocenters. The minimum Gasteiger partial charge on any atom is -0.340 e. The van der Waals surface area contributed by atoms with Gasteiger partial charge >= 0.3 is 0 Å². The van der Waals surface area contributed by atoms with Crippen LogP contribution in [0.5, 0.6) is 0 Å². The number of aryl methyl sites for hydroxylation is 1. The Morgan fingerprint density at radius 3 is 2.77 bits per heavy atom. The summed E-state index contributed by atoms with van der Waals surface area (Å²) in [7, 11) is 0. The van der Waals surface area contributed by atoms with Crippen molar-refractivity contribution >= 4 is 17.5 Å². The maximum Gasteiger partial charge on any atom is 0.260 e. The number of aromatic nitrogens is 4. The predicted octanol–water partition coefficient (Wildman–Crippen LogP) is 3.81. The standard InChI is InChI=1S/C22H26N6O2/c1-14(2)19-26-21(30-27-19)17-9-4-7-15(3)18(17)25-20(29)16-8-5-12-28(13-16)22-23-10-6-11-24-22/h4,6-7,9-11,14,16H,5,8,12-13H2,1-3H3,(H,25,29). The van der Waals surface area contributed by atoms with Crippen LogP contribution in [-0.2, 0) is 4.79 Å². The molecule has 2 aromatic heterocycles. The number of carbonyl (C=O) groups is 1. The quantitative estimate of drug-likeness (QED) is 0.688. The van der Waals surface area contributed by atoms with E-state index in [0.717, 1.165) is 36.2 Å². The van der Waals surface area contributed by atoms with Gasteiger partial charge in [-0.25, -0.2) is 9.97 Å². The molecule has 1 aliphatic rings. The van der Waals surface area contributed by atoms with Crippen LogP contribution in [0.1, 0.15) is 44.0 Å². The van der Waals surface area contributed by atoms with E-state index in [1.165, 1.54) is 0 Å². The van der Waals surface area contributed by atoms with Crippen molar-refractivity contribution in [2.24, 2.45) is 5.92 Å². The van der Waals surface area contributed by atoms with E-state index in [9.17, 15) is 4.79 Å². The molecular formula is C22H26N6O2. The molecule has 1 atom stereocenters. The molecule has 3 aromatic rings. The van der Waals surface area contributed by atoms with E-state index in [1.54, 1.807) is 18.5 Å². The molecular weight excluding hydrogens is 380 g/mol. The number of para-hydroxylation sites is 1. The highest BCUT2D eigenvalue weighted by molar-refractivity contribution is 5.97. The van der Waals surface area contributed by atoms with E-state index in [2.05, 4.69) is 30.3 Å². The summed E-state index contributed by atoms with van der Waals surface area (Å²) < 4.78 is 5.47. The third kappa shape index (κ3) is 4.17. The SMILES string of the molecule is Cc1cccc(-c2nc(C(C)C)no2)c1NC(=O)C1CCCN(c2ncccn2)C1. The molecule has 156 valence electrons. The first-order chi connectivity index (χ1) is 14.5. The first-order valence-corrected chi connectivity index (χ1v) is 10.3. The fraction of sp³-hybridized carbons (Fsp3) is 0.409. The van der Waals surface area contributed by atoms with Gasteiger partial charge in [-0.2, -0.15) is 4.98 Å². The van der Waals surface area contributed by atoms with Gasteiger partial charge in [0.15, 0.2) is 5.82 Å². The van der Waals surface area contributed by atoms with E-state index >= 15 is 0 Å². The lowest BCUT2D eigenvalue weighted by atomic mass is 9.96. The number of rotatable bonds is 5. The molecule has 1 saturated heterocycles. The molecule has 8 heteroatoms. The number of benzene rings is 1. The molecule has 4 rings (SSSR count). The molecule has 0 spiro atoms. The Bertz CT molecular complexity index is 1020. The zero-order chi connectivity index (χ0) is 21.1. The van der Waals surface area contributed by atoms with Crippen LogP contribution in [-0.4, -0.2) is 39.1 Å². The second kappa shape index (κ2) is 8.61. The summed E-state index contributed by atoms with van der Waals surface area (Å²) in [6.07, 6.45) is 5.19. The van der Waals surface area contributed by atoms with Crippen LogP contribution in [0, 0.1) is 12.8 Å². The highest BCUT2D eigenvalue weighted by Gasteiger charge is 2.28. The molecule has 1 fully saturated rings. The second-order valence-electron chi connectivity index (χ2n) is 7.93. The van der Waals surface area contributed by atoms with Crippen LogP contribution in [0.2, 0.25) is 0 Å². The number of anilines is 2. The smallest absolute Gasteiger partial charge is 0.260 e. The van der Waals surface area contributed by atoms with Crippen molar-refractivity contribution in [3.8, 4) is 11.5 Å². The molecule has 8 nitrogen and oxygen atoms in total. The summed E-state index contributed by atoms with van der Waals surface area (Å²) in [5.41, 5.74) is 2.40. The molecule has 0 bridgehead atoms. The van der Waals surface area contributed by atoms with E-state index in [4.69, 9.17) is 4.52 Å². The van der Waals surface area contributed by atoms with E-state index in [1.807, 2.05) is 39.0 Å². The average molecular weight is 406 g/mol. The zero-order valence-corrected chi connectivity index (χ0v) is 17.5. The molecule has 0 radical (unpaired) electrons. The normalized spacial score (nSPS) is 16.7. The van der Waals surface area contributed by atoms with E-state index in [0.29, 0.717) is 24.2 Å². The molecule has 1 N–H and O–H groups in total. The van der Waals surface area contributed by atoms with Gasteiger partial charge in [-0.3, -0.25) is 4.79 Å². The van der Waals surface area contributed by atoms with Gasteiger partial charge in [0.05, 0.1) is 17.2 Å². The van der Waals surface area contributed by atoms with Crippen LogP contribution in [0.15, 0.2) is 41.2 Å². The van der Waals surface area contributed by atoms with Gasteiger partial charge in [0.25, 0.3) is 5.89 Å². The van der Waals surface area contributed by atoms with Crippen LogP contribution in [0.3, 0.4) is 0 Å². The first kappa shape index (κ1) is 20.0. The van der Waals surface area contributed by atoms with Crippen molar-refractivity contribution in [3.63, 3.8) is 0 Å². The van der Waals surface area contributed by atoms with Crippen molar-refractivity contribution in [2.75, 3.05) is 23.3 Å². The van der Waals surface area contributed by atoms with Gasteiger partial charge in [-0.15, -0.1) is 0 Å². The predicted molar refractivity (Wildman–Crippen MR) is 114 cm³/mol. The molecule has 0 saturated carbocycles. The summed E-state index contributed by atoms with van der Waals surface area (Å²) in [5, 5.41) is 7.18. The Labute approximate surface area is 175 Å². The third-order valence-electron chi connectivity index (χ3n) is 5.34. The topological polar surface area (TPSA) is 97.0 Å². The Hall–Kier alpha value is -3.29. The summed E-state index contributed by atoms with van der Waals surface area (Å²) >= 11 is 0. The fourth-order valence-corrected chi connectivity index (χ4v) is 3.64. The van der Waals surface area contributed by atoms with Gasteiger partial charge in [-0.1, -0.05) is 31.1 Å². The summed E-state index contributed by atoms with van der Waals surface area (Å²) in [6.45, 7) is 7.43. The summed E-state index contributed by atoms with van der Waals surface area (Å²) in [5.74, 6) is 1.73. The molecule has 1 aliphatic heterocycles. The van der Waals surface area contributed by atoms with Crippen LogP contribution in [0.4, 0.5) is 11.6 Å². The van der Waals surface area contributed by atoms with Gasteiger partial charge in [0.2, 0.25) is 11.9 Å². The first-order valence-electron chi connectivity index (χ1n) is 10.3. The molecule has 3 heterocycles. The lowest BCUT2D eigenvalue weighted by molar-refractivity contribution is -0.120. The Morgan fingerprint density at radius 2 is 2.03 bits per heavy atom. The molecule has 0 aliphatic carbocycles. The number of hydrogen-bond donors (Lipinski definition) is 1. The Kier molecular flexibility index (Phi) is 5.74. The summed E-state index contributed by atoms with van der Waals surface area (Å²) in [6, 6.07) is 7.57. The molecule has 1 amide bonds. The highest BCUT2D eigenvalue weighted by atomic mass is 16.5. The minimum absolute atomic E-state index is 0.0187. The van der Waals surface area contributed by atoms with E-state index < -0.39 is 0 Å². The van der Waals surface area contributed by atoms with Crippen molar-refractivity contribution in [1.82, 2.24) is 20.1 Å². The third-order valence-corrected chi connectivity index (χ3v) is 5.34. The fourth-order valence-electron chi connectivity index (χ4n) is 3.64. The number of piperidine rings is 1. The van der Waals surface area contributed by atoms with Crippen molar-refractivity contribution in [3.05, 3.63) is 48.0 Å². The van der Waals surface area contributed by atoms with Crippen LogP contribution >= 0.6 is 0 Å². The van der Waals surface area contributed by atoms with Crippen LogP contribution < -0.4 is 10.2 Å². The summed E-state index contributed by atoms with van der Waals surface area (Å²) in [4.78, 5) is 28.4. The van der Waals surface area contributed by atoms with Crippen molar-refractivity contribution < 1.29 is 9.32 Å². The van der Waals surface area contributed by atoms with Gasteiger partial charge < -0.3 is 14.7 Å². The van der Waals surface area contributed by atoms with E-state index in [-0.39, 0.29) is 17.7 Å². The number of amides is 1. The molecule has 30 heavy (non-hydrogen) atoms. The average Bonchev–Trinajstić information content (AvgIpc) is 3.26. The highest BCUT2D eigenvalue weighted by Crippen LogP contribution is 2.31. The minimum atomic E-state index is -0.149. The second-order valence-corrected chi connectivity index (χ2v) is 7.93. The zero-order valence-electron chi connectivity index (χ0n) is 17.5. The van der Waals surface area contributed by atoms with Gasteiger partial charge in [0.1, 0.15) is 0 Å². The monoisotopic (exact) mass is 406 g/mol. The van der Waals surface area contributed by atoms with Gasteiger partial charge in [0, 0.05) is 31.4 Å². The lowest BCUT2D eigenvalue weighted by Crippen LogP contribution is -2.41. The lowest BCUT2D eigenvalue weighted by Gasteiger charge is -2.32. The molecule has 1 aromatic carbocycles. The van der Waals surface area contributed by atoms with Gasteiger partial charge in [-0.05, 0) is 37.5 Å². The number of hydrogen-bond acceptors (Lipinski definition) is 7. The Balaban J connectivity index is 1.54.